The Bertz CT molecular complexity index is 2590. The molecule has 71 heavy (non-hydrogen) atoms. The number of amides is 6. The molecule has 3 aliphatic carbocycles. The number of fused-ring (bicyclic) bond motifs is 2. The number of Topliss-reactive ketones (excluding diaryl/α,β-unsaturated/α-hetero) is 1. The van der Waals surface area contributed by atoms with E-state index < -0.39 is 41.9 Å². The standard InChI is InChI=1S/C27H34N4O4.C26H35N5O5/c1-35-25-12-6-10-21-20(25)15-23(30-21)27(34)31-22(13-17-7-3-2-4-8-17)26(33)29-19(16-28)14-18-9-5-11-24(18)32;1-36-22-9-5-8-18-17(22)14-21(29-18)26(35)31-20(12-15-6-3-2-4-7-15)25(34)30-19(23(27)32)13-16-10-11-28-24(16)33/h6,10,12,15,17-19,22,30H,2-5,7-9,11,13-14H2,1H3,(H,29,33)(H,31,34);5,8-9,14-16,19-20,29H,2-4,6-7,10-13H2,1H3,(H2,27,32)(H,28,33)(H,30,34)(H,31,35)/t18-,19-,22-;16-,19-,20-/m00/s1. The normalized spacial score (nSPS) is 20.1. The maximum Gasteiger partial charge on any atom is 0.268 e. The topological polar surface area (TPSA) is 279 Å². The van der Waals surface area contributed by atoms with Gasteiger partial charge in [0.15, 0.2) is 0 Å². The molecule has 9 N–H and O–H groups in total. The van der Waals surface area contributed by atoms with Crippen LogP contribution in [0.3, 0.4) is 0 Å². The number of benzene rings is 2. The summed E-state index contributed by atoms with van der Waals surface area (Å²) in [4.78, 5) is 95.4. The van der Waals surface area contributed by atoms with Crippen LogP contribution in [0.5, 0.6) is 11.5 Å². The molecule has 1 saturated heterocycles. The lowest BCUT2D eigenvalue weighted by atomic mass is 9.84. The minimum Gasteiger partial charge on any atom is -0.496 e. The number of carbonyl (C=O) groups excluding carboxylic acids is 7. The van der Waals surface area contributed by atoms with Crippen molar-refractivity contribution in [1.29, 1.82) is 5.26 Å². The van der Waals surface area contributed by atoms with E-state index in [2.05, 4.69) is 42.6 Å². The predicted molar refractivity (Wildman–Crippen MR) is 266 cm³/mol. The number of ether oxygens (including phenoxy) is 2. The van der Waals surface area contributed by atoms with Crippen molar-refractivity contribution in [3.63, 3.8) is 0 Å². The third kappa shape index (κ3) is 13.7. The monoisotopic (exact) mass is 976 g/mol. The summed E-state index contributed by atoms with van der Waals surface area (Å²) < 4.78 is 10.8. The van der Waals surface area contributed by atoms with E-state index >= 15 is 0 Å². The Kier molecular flexibility index (Phi) is 18.1. The Hall–Kier alpha value is -6.90. The van der Waals surface area contributed by atoms with E-state index in [0.29, 0.717) is 73.4 Å². The SMILES string of the molecule is COc1cccc2[nH]c(C(=O)N[C@@H](CC3CCCCC3)C(=O)N[C@@H](C[C@@H]3CCNC3=O)C(N)=O)cc12.COc1cccc2[nH]c(C(=O)N[C@@H](CC3CCCCC3)C(=O)N[C@H](C#N)C[C@@H]3CCCC3=O)cc12. The number of nitrogens with one attached hydrogen (secondary N) is 7. The zero-order chi connectivity index (χ0) is 50.4. The zero-order valence-corrected chi connectivity index (χ0v) is 40.9. The molecular weight excluding hydrogens is 907 g/mol. The molecule has 6 atom stereocenters. The van der Waals surface area contributed by atoms with Crippen LogP contribution in [0.25, 0.3) is 21.8 Å². The molecule has 2 aromatic carbocycles. The van der Waals surface area contributed by atoms with E-state index in [9.17, 15) is 38.8 Å². The van der Waals surface area contributed by atoms with Gasteiger partial charge in [0.05, 0.1) is 20.3 Å². The molecule has 8 rings (SSSR count). The Balaban J connectivity index is 0.000000209. The molecule has 4 aromatic rings. The molecule has 0 spiro atoms. The van der Waals surface area contributed by atoms with Crippen LogP contribution in [-0.2, 0) is 24.0 Å². The first-order chi connectivity index (χ1) is 34.3. The third-order valence-corrected chi connectivity index (χ3v) is 14.8. The number of primary amides is 1. The Morgan fingerprint density at radius 3 is 1.61 bits per heavy atom. The average molecular weight is 976 g/mol. The molecule has 4 fully saturated rings. The van der Waals surface area contributed by atoms with Crippen molar-refractivity contribution >= 4 is 63.0 Å². The summed E-state index contributed by atoms with van der Waals surface area (Å²) >= 11 is 0. The summed E-state index contributed by atoms with van der Waals surface area (Å²) in [5.41, 5.74) is 7.74. The van der Waals surface area contributed by atoms with Crippen molar-refractivity contribution in [2.45, 2.75) is 140 Å². The van der Waals surface area contributed by atoms with Crippen LogP contribution in [-0.4, -0.2) is 96.1 Å². The summed E-state index contributed by atoms with van der Waals surface area (Å²) in [6, 6.07) is 13.2. The van der Waals surface area contributed by atoms with E-state index in [1.54, 1.807) is 26.4 Å². The average Bonchev–Trinajstić information content (AvgIpc) is 4.21. The fourth-order valence-electron chi connectivity index (χ4n) is 10.8. The lowest BCUT2D eigenvalue weighted by Crippen LogP contribution is -2.54. The van der Waals surface area contributed by atoms with Crippen LogP contribution >= 0.6 is 0 Å². The number of ketones is 1. The lowest BCUT2D eigenvalue weighted by molar-refractivity contribution is -0.130. The predicted octanol–water partition coefficient (Wildman–Crippen LogP) is 5.75. The highest BCUT2D eigenvalue weighted by atomic mass is 16.5. The van der Waals surface area contributed by atoms with Gasteiger partial charge in [0.1, 0.15) is 52.8 Å². The fraction of sp³-hybridized carbons (Fsp3) is 0.547. The van der Waals surface area contributed by atoms with Crippen LogP contribution in [0.15, 0.2) is 48.5 Å². The lowest BCUT2D eigenvalue weighted by Gasteiger charge is -2.28. The molecule has 18 nitrogen and oxygen atoms in total. The van der Waals surface area contributed by atoms with Crippen LogP contribution in [0.1, 0.15) is 137 Å². The number of aromatic amines is 2. The summed E-state index contributed by atoms with van der Waals surface area (Å²) in [5, 5.41) is 25.2. The van der Waals surface area contributed by atoms with Gasteiger partial charge in [-0.05, 0) is 93.2 Å². The van der Waals surface area contributed by atoms with Gasteiger partial charge < -0.3 is 51.8 Å². The van der Waals surface area contributed by atoms with Crippen LogP contribution in [0, 0.1) is 35.0 Å². The number of hydrogen-bond donors (Lipinski definition) is 8. The molecule has 1 aliphatic heterocycles. The number of methoxy groups -OCH3 is 2. The second-order valence-corrected chi connectivity index (χ2v) is 19.7. The maximum atomic E-state index is 13.4. The Morgan fingerprint density at radius 1 is 0.648 bits per heavy atom. The molecule has 4 aliphatic rings. The number of H-pyrrole nitrogens is 2. The highest BCUT2D eigenvalue weighted by Gasteiger charge is 2.35. The quantitative estimate of drug-likeness (QED) is 0.0563. The zero-order valence-electron chi connectivity index (χ0n) is 40.9. The number of aromatic nitrogens is 2. The van der Waals surface area contributed by atoms with Crippen molar-refractivity contribution < 1.29 is 43.0 Å². The number of carbonyl (C=O) groups is 7. The number of nitrogens with two attached hydrogens (primary N) is 1. The molecule has 0 unspecified atom stereocenters. The van der Waals surface area contributed by atoms with Crippen LogP contribution in [0.4, 0.5) is 0 Å². The molecule has 380 valence electrons. The minimum absolute atomic E-state index is 0.138. The molecule has 2 aromatic heterocycles. The fourth-order valence-corrected chi connectivity index (χ4v) is 10.8. The highest BCUT2D eigenvalue weighted by Crippen LogP contribution is 2.31. The van der Waals surface area contributed by atoms with Gasteiger partial charge in [-0.2, -0.15) is 5.26 Å². The van der Waals surface area contributed by atoms with Crippen molar-refractivity contribution in [1.82, 2.24) is 36.6 Å². The van der Waals surface area contributed by atoms with Crippen molar-refractivity contribution in [3.05, 3.63) is 59.9 Å². The van der Waals surface area contributed by atoms with Crippen molar-refractivity contribution in [3.8, 4) is 17.6 Å². The molecule has 18 heteroatoms. The maximum absolute atomic E-state index is 13.4. The van der Waals surface area contributed by atoms with Gasteiger partial charge >= 0.3 is 0 Å². The molecular formula is C53H69N9O9. The van der Waals surface area contributed by atoms with Crippen molar-refractivity contribution in [2.75, 3.05) is 20.8 Å². The van der Waals surface area contributed by atoms with E-state index in [4.69, 9.17) is 15.2 Å². The van der Waals surface area contributed by atoms with E-state index in [1.807, 2.05) is 36.4 Å². The number of nitriles is 1. The van der Waals surface area contributed by atoms with Gasteiger partial charge in [0, 0.05) is 46.6 Å². The second-order valence-electron chi connectivity index (χ2n) is 19.7. The van der Waals surface area contributed by atoms with Gasteiger partial charge in [-0.25, -0.2) is 0 Å². The summed E-state index contributed by atoms with van der Waals surface area (Å²) in [5.74, 6) is -0.917. The molecule has 3 heterocycles. The van der Waals surface area contributed by atoms with E-state index in [-0.39, 0.29) is 41.8 Å². The van der Waals surface area contributed by atoms with Gasteiger partial charge in [-0.1, -0.05) is 76.3 Å². The van der Waals surface area contributed by atoms with Gasteiger partial charge in [-0.15, -0.1) is 0 Å². The van der Waals surface area contributed by atoms with Gasteiger partial charge in [-0.3, -0.25) is 33.6 Å². The summed E-state index contributed by atoms with van der Waals surface area (Å²) in [7, 11) is 3.15. The highest BCUT2D eigenvalue weighted by molar-refractivity contribution is 6.03. The number of hydrogen-bond acceptors (Lipinski definition) is 10. The Labute approximate surface area is 414 Å². The van der Waals surface area contributed by atoms with Crippen molar-refractivity contribution in [2.24, 2.45) is 29.4 Å². The summed E-state index contributed by atoms with van der Waals surface area (Å²) in [6.45, 7) is 0.540. The molecule has 0 bridgehead atoms. The smallest absolute Gasteiger partial charge is 0.268 e. The first-order valence-corrected chi connectivity index (χ1v) is 25.4. The van der Waals surface area contributed by atoms with Crippen LogP contribution < -0.4 is 41.8 Å². The third-order valence-electron chi connectivity index (χ3n) is 14.8. The Morgan fingerprint density at radius 2 is 1.17 bits per heavy atom. The molecule has 0 radical (unpaired) electrons. The summed E-state index contributed by atoms with van der Waals surface area (Å²) in [6.07, 6.45) is 15.0. The second kappa shape index (κ2) is 24.8. The van der Waals surface area contributed by atoms with Gasteiger partial charge in [0.2, 0.25) is 23.6 Å². The van der Waals surface area contributed by atoms with Gasteiger partial charge in [0.25, 0.3) is 11.8 Å². The number of nitrogens with zero attached hydrogens (tertiary/aromatic N) is 1. The first-order valence-electron chi connectivity index (χ1n) is 25.4. The molecule has 6 amide bonds. The number of rotatable bonds is 19. The first kappa shape index (κ1) is 51.9. The van der Waals surface area contributed by atoms with Crippen LogP contribution in [0.2, 0.25) is 0 Å². The van der Waals surface area contributed by atoms with E-state index in [1.165, 1.54) is 12.8 Å². The molecule has 3 saturated carbocycles. The largest absolute Gasteiger partial charge is 0.496 e. The van der Waals surface area contributed by atoms with E-state index in [0.717, 1.165) is 86.0 Å². The minimum atomic E-state index is -0.991.